The second kappa shape index (κ2) is 7.45. The Hall–Kier alpha value is -0.810. The third kappa shape index (κ3) is 4.58. The molecule has 0 aromatic carbocycles. The summed E-state index contributed by atoms with van der Waals surface area (Å²) >= 11 is 0. The van der Waals surface area contributed by atoms with E-state index < -0.39 is 0 Å². The van der Waals surface area contributed by atoms with Crippen LogP contribution in [0.3, 0.4) is 0 Å². The molecule has 122 valence electrons. The van der Waals surface area contributed by atoms with Crippen molar-refractivity contribution in [1.29, 1.82) is 0 Å². The minimum atomic E-state index is 0.383. The molecule has 2 rings (SSSR count). The van der Waals surface area contributed by atoms with Crippen molar-refractivity contribution in [3.8, 4) is 0 Å². The van der Waals surface area contributed by atoms with Crippen LogP contribution in [0.25, 0.3) is 0 Å². The van der Waals surface area contributed by atoms with Gasteiger partial charge in [-0.2, -0.15) is 0 Å². The number of nitrogens with zero attached hydrogens (tertiary/aromatic N) is 2. The summed E-state index contributed by atoms with van der Waals surface area (Å²) in [4.78, 5) is 6.66. The van der Waals surface area contributed by atoms with E-state index in [1.165, 1.54) is 19.3 Å². The van der Waals surface area contributed by atoms with Crippen LogP contribution in [0.5, 0.6) is 0 Å². The topological polar surface area (TPSA) is 48.9 Å². The summed E-state index contributed by atoms with van der Waals surface area (Å²) in [6.07, 6.45) is 5.58. The van der Waals surface area contributed by atoms with Crippen LogP contribution in [0.4, 0.5) is 0 Å². The normalized spacial score (nSPS) is 30.2. The Labute approximate surface area is 129 Å². The molecule has 0 radical (unpaired) electrons. The minimum Gasteiger partial charge on any atom is -0.373 e. The second-order valence-electron chi connectivity index (χ2n) is 7.06. The molecule has 0 aliphatic carbocycles. The second-order valence-corrected chi connectivity index (χ2v) is 7.06. The zero-order valence-corrected chi connectivity index (χ0v) is 14.2. The van der Waals surface area contributed by atoms with Gasteiger partial charge in [0, 0.05) is 19.6 Å². The summed E-state index contributed by atoms with van der Waals surface area (Å²) in [6.45, 7) is 5.47. The number of hydrogen-bond donors (Lipinski definition) is 2. The quantitative estimate of drug-likeness (QED) is 0.575. The van der Waals surface area contributed by atoms with Crippen LogP contribution in [-0.2, 0) is 4.74 Å². The molecule has 2 bridgehead atoms. The monoisotopic (exact) mass is 296 g/mol. The molecule has 0 amide bonds. The molecule has 4 unspecified atom stereocenters. The molecule has 0 aromatic heterocycles. The Kier molecular flexibility index (Phi) is 5.88. The molecule has 0 spiro atoms. The number of rotatable bonds is 6. The summed E-state index contributed by atoms with van der Waals surface area (Å²) in [5, 5.41) is 7.02. The maximum absolute atomic E-state index is 5.89. The lowest BCUT2D eigenvalue weighted by Crippen LogP contribution is -2.50. The van der Waals surface area contributed by atoms with E-state index in [0.29, 0.717) is 30.2 Å². The van der Waals surface area contributed by atoms with Crippen LogP contribution < -0.4 is 10.6 Å². The van der Waals surface area contributed by atoms with Gasteiger partial charge < -0.3 is 20.3 Å². The van der Waals surface area contributed by atoms with Crippen molar-refractivity contribution >= 4 is 5.96 Å². The van der Waals surface area contributed by atoms with Crippen LogP contribution in [0.2, 0.25) is 0 Å². The SMILES string of the molecule is CN=C(NCC(CC(C)C)N(C)C)NC1CC2CCC1O2. The third-order valence-electron chi connectivity index (χ3n) is 4.63. The van der Waals surface area contributed by atoms with Gasteiger partial charge in [-0.3, -0.25) is 4.99 Å². The predicted molar refractivity (Wildman–Crippen MR) is 87.7 cm³/mol. The lowest BCUT2D eigenvalue weighted by molar-refractivity contribution is 0.0992. The van der Waals surface area contributed by atoms with E-state index in [9.17, 15) is 0 Å². The fraction of sp³-hybridized carbons (Fsp3) is 0.938. The molecule has 2 fully saturated rings. The lowest BCUT2D eigenvalue weighted by Gasteiger charge is -2.28. The molecular formula is C16H32N4O. The maximum atomic E-state index is 5.89. The summed E-state index contributed by atoms with van der Waals surface area (Å²) < 4.78 is 5.89. The molecule has 2 aliphatic heterocycles. The Balaban J connectivity index is 1.79. The highest BCUT2D eigenvalue weighted by molar-refractivity contribution is 5.80. The van der Waals surface area contributed by atoms with Crippen molar-refractivity contribution in [3.05, 3.63) is 0 Å². The first-order chi connectivity index (χ1) is 9.99. The summed E-state index contributed by atoms with van der Waals surface area (Å²) in [7, 11) is 6.14. The number of fused-ring (bicyclic) bond motifs is 2. The van der Waals surface area contributed by atoms with E-state index in [2.05, 4.69) is 48.5 Å². The fourth-order valence-electron chi connectivity index (χ4n) is 3.40. The smallest absolute Gasteiger partial charge is 0.191 e. The minimum absolute atomic E-state index is 0.383. The van der Waals surface area contributed by atoms with Gasteiger partial charge in [-0.15, -0.1) is 0 Å². The third-order valence-corrected chi connectivity index (χ3v) is 4.63. The van der Waals surface area contributed by atoms with Gasteiger partial charge in [-0.1, -0.05) is 13.8 Å². The number of hydrogen-bond acceptors (Lipinski definition) is 3. The Morgan fingerprint density at radius 2 is 2.10 bits per heavy atom. The van der Waals surface area contributed by atoms with E-state index in [0.717, 1.165) is 18.9 Å². The maximum Gasteiger partial charge on any atom is 0.191 e. The van der Waals surface area contributed by atoms with Crippen LogP contribution in [0.15, 0.2) is 4.99 Å². The molecule has 2 N–H and O–H groups in total. The molecule has 0 aromatic rings. The zero-order valence-electron chi connectivity index (χ0n) is 14.2. The Morgan fingerprint density at radius 1 is 1.33 bits per heavy atom. The van der Waals surface area contributed by atoms with Gasteiger partial charge in [0.1, 0.15) is 0 Å². The molecule has 2 saturated heterocycles. The van der Waals surface area contributed by atoms with Crippen molar-refractivity contribution in [2.45, 2.75) is 63.8 Å². The predicted octanol–water partition coefficient (Wildman–Crippen LogP) is 1.45. The average molecular weight is 296 g/mol. The first-order valence-corrected chi connectivity index (χ1v) is 8.28. The fourth-order valence-corrected chi connectivity index (χ4v) is 3.40. The standard InChI is InChI=1S/C16H32N4O/c1-11(2)8-12(20(4)5)10-18-16(17-3)19-14-9-13-6-7-15(14)21-13/h11-15H,6-10H2,1-5H3,(H2,17,18,19). The zero-order chi connectivity index (χ0) is 15.4. The van der Waals surface area contributed by atoms with Gasteiger partial charge in [-0.25, -0.2) is 0 Å². The van der Waals surface area contributed by atoms with Crippen LogP contribution >= 0.6 is 0 Å². The van der Waals surface area contributed by atoms with Crippen molar-refractivity contribution in [2.24, 2.45) is 10.9 Å². The van der Waals surface area contributed by atoms with Gasteiger partial charge in [0.15, 0.2) is 5.96 Å². The molecular weight excluding hydrogens is 264 g/mol. The van der Waals surface area contributed by atoms with Crippen molar-refractivity contribution in [3.63, 3.8) is 0 Å². The van der Waals surface area contributed by atoms with Gasteiger partial charge in [0.2, 0.25) is 0 Å². The van der Waals surface area contributed by atoms with Crippen molar-refractivity contribution < 1.29 is 4.74 Å². The van der Waals surface area contributed by atoms with Gasteiger partial charge in [0.25, 0.3) is 0 Å². The largest absolute Gasteiger partial charge is 0.373 e. The molecule has 2 aliphatic rings. The van der Waals surface area contributed by atoms with Crippen molar-refractivity contribution in [1.82, 2.24) is 15.5 Å². The number of likely N-dealkylation sites (N-methyl/N-ethyl adjacent to an activating group) is 1. The molecule has 5 nitrogen and oxygen atoms in total. The van der Waals surface area contributed by atoms with Crippen LogP contribution in [0, 0.1) is 5.92 Å². The molecule has 2 heterocycles. The molecule has 21 heavy (non-hydrogen) atoms. The van der Waals surface area contributed by atoms with E-state index in [1.54, 1.807) is 0 Å². The van der Waals surface area contributed by atoms with Crippen molar-refractivity contribution in [2.75, 3.05) is 27.7 Å². The van der Waals surface area contributed by atoms with Gasteiger partial charge in [0.05, 0.1) is 18.2 Å². The van der Waals surface area contributed by atoms with E-state index in [1.807, 2.05) is 7.05 Å². The molecule has 5 heteroatoms. The summed E-state index contributed by atoms with van der Waals surface area (Å²) in [5.74, 6) is 1.61. The van der Waals surface area contributed by atoms with E-state index >= 15 is 0 Å². The highest BCUT2D eigenvalue weighted by Gasteiger charge is 2.41. The number of aliphatic imine (C=N–C) groups is 1. The van der Waals surface area contributed by atoms with E-state index in [4.69, 9.17) is 4.74 Å². The first kappa shape index (κ1) is 16.6. The van der Waals surface area contributed by atoms with E-state index in [-0.39, 0.29) is 0 Å². The van der Waals surface area contributed by atoms with Crippen LogP contribution in [-0.4, -0.2) is 62.8 Å². The number of ether oxygens (including phenoxy) is 1. The highest BCUT2D eigenvalue weighted by Crippen LogP contribution is 2.34. The van der Waals surface area contributed by atoms with Crippen LogP contribution in [0.1, 0.15) is 39.5 Å². The van der Waals surface area contributed by atoms with Gasteiger partial charge in [-0.05, 0) is 45.7 Å². The Bertz CT molecular complexity index is 356. The number of nitrogens with one attached hydrogen (secondary N) is 2. The summed E-state index contributed by atoms with van der Waals surface area (Å²) in [6, 6.07) is 0.956. The lowest BCUT2D eigenvalue weighted by atomic mass is 9.96. The first-order valence-electron chi connectivity index (χ1n) is 8.28. The average Bonchev–Trinajstić information content (AvgIpc) is 3.03. The molecule has 4 atom stereocenters. The summed E-state index contributed by atoms with van der Waals surface area (Å²) in [5.41, 5.74) is 0. The Morgan fingerprint density at radius 3 is 2.57 bits per heavy atom. The molecule has 0 saturated carbocycles. The highest BCUT2D eigenvalue weighted by atomic mass is 16.5. The van der Waals surface area contributed by atoms with Gasteiger partial charge >= 0.3 is 0 Å². The number of guanidine groups is 1.